The summed E-state index contributed by atoms with van der Waals surface area (Å²) in [5.41, 5.74) is 0. The molecule has 0 spiro atoms. The van der Waals surface area contributed by atoms with Crippen molar-refractivity contribution >= 4 is 10.4 Å². The Morgan fingerprint density at radius 2 is 0.900 bits per heavy atom. The predicted octanol–water partition coefficient (Wildman–Crippen LogP) is -2.96. The Hall–Kier alpha value is 1.09. The third-order valence-corrected chi connectivity index (χ3v) is 0. The Labute approximate surface area is 91.5 Å². The van der Waals surface area contributed by atoms with E-state index in [1.54, 1.807) is 0 Å². The number of hydrogen-bond donors (Lipinski definition) is 3. The van der Waals surface area contributed by atoms with Crippen molar-refractivity contribution in [1.82, 2.24) is 6.15 Å². The van der Waals surface area contributed by atoms with Gasteiger partial charge in [0.05, 0.1) is 0 Å². The Bertz CT molecular complexity index is 96.8. The fourth-order valence-electron chi connectivity index (χ4n) is 0. The van der Waals surface area contributed by atoms with Crippen molar-refractivity contribution in [3.63, 3.8) is 0 Å². The first-order valence-corrected chi connectivity index (χ1v) is 2.10. The van der Waals surface area contributed by atoms with Gasteiger partial charge in [-0.15, -0.1) is 0 Å². The molecule has 0 heterocycles. The van der Waals surface area contributed by atoms with Crippen LogP contribution in [0.25, 0.3) is 0 Å². The van der Waals surface area contributed by atoms with E-state index >= 15 is 0 Å². The molecule has 0 aliphatic rings. The van der Waals surface area contributed by atoms with Gasteiger partial charge in [-0.3, -0.25) is 9.11 Å². The molecular weight excluding hydrogens is 298 g/mol. The smallest absolute Gasteiger partial charge is 0.394 e. The summed E-state index contributed by atoms with van der Waals surface area (Å²) in [6.07, 6.45) is 0. The maximum Gasteiger partial charge on any atom is 0.394 e. The van der Waals surface area contributed by atoms with Gasteiger partial charge < -0.3 is 22.6 Å². The van der Waals surface area contributed by atoms with E-state index in [4.69, 9.17) is 17.5 Å². The van der Waals surface area contributed by atoms with Crippen LogP contribution in [0.15, 0.2) is 0 Å². The zero-order valence-electron chi connectivity index (χ0n) is 4.83. The minimum atomic E-state index is -4.67. The Balaban J connectivity index is -0.00000000800. The van der Waals surface area contributed by atoms with E-state index in [2.05, 4.69) is 0 Å². The normalized spacial score (nSPS) is 5.80. The molecule has 10 heavy (non-hydrogen) atoms. The van der Waals surface area contributed by atoms with Gasteiger partial charge in [0.15, 0.2) is 0 Å². The van der Waals surface area contributed by atoms with Gasteiger partial charge in [-0.1, -0.05) is 0 Å². The molecule has 0 saturated heterocycles. The molecule has 0 fully saturated rings. The van der Waals surface area contributed by atoms with Crippen molar-refractivity contribution in [2.45, 2.75) is 0 Å². The molecule has 0 radical (unpaired) electrons. The van der Waals surface area contributed by atoms with Crippen LogP contribution in [0, 0.1) is 41.7 Å². The van der Waals surface area contributed by atoms with Gasteiger partial charge in [-0.25, -0.2) is 0 Å². The van der Waals surface area contributed by atoms with Crippen molar-refractivity contribution in [2.75, 3.05) is 0 Å². The van der Waals surface area contributed by atoms with E-state index in [1.165, 1.54) is 0 Å². The summed E-state index contributed by atoms with van der Waals surface area (Å²) >= 11 is 0. The van der Waals surface area contributed by atoms with Gasteiger partial charge >= 0.3 is 10.4 Å². The van der Waals surface area contributed by atoms with E-state index < -0.39 is 10.4 Å². The van der Waals surface area contributed by atoms with E-state index in [9.17, 15) is 0 Å². The summed E-state index contributed by atoms with van der Waals surface area (Å²) in [5, 5.41) is 0. The van der Waals surface area contributed by atoms with Crippen LogP contribution in [-0.4, -0.2) is 34.0 Å². The van der Waals surface area contributed by atoms with Crippen LogP contribution in [0.3, 0.4) is 0 Å². The minimum Gasteiger partial charge on any atom is -0.412 e. The first-order chi connectivity index (χ1) is 2.00. The fraction of sp³-hybridized carbons (Fsp3) is 0. The second-order valence-electron chi connectivity index (χ2n) is 0.448. The van der Waals surface area contributed by atoms with Crippen molar-refractivity contribution in [3.05, 3.63) is 0 Å². The second-order valence-corrected chi connectivity index (χ2v) is 1.34. The summed E-state index contributed by atoms with van der Waals surface area (Å²) in [6, 6.07) is 0. The molecule has 68 valence electrons. The predicted molar refractivity (Wildman–Crippen MR) is 30.0 cm³/mol. The molecule has 0 aromatic rings. The Morgan fingerprint density at radius 1 is 0.900 bits per heavy atom. The van der Waals surface area contributed by atoms with Gasteiger partial charge in [0.2, 0.25) is 0 Å². The zero-order valence-corrected chi connectivity index (χ0v) is 8.78. The molecule has 0 bridgehead atoms. The van der Waals surface area contributed by atoms with Crippen LogP contribution in [0.2, 0.25) is 0 Å². The summed E-state index contributed by atoms with van der Waals surface area (Å²) in [6.45, 7) is 0. The molecule has 0 aliphatic carbocycles. The number of rotatable bonds is 0. The fourth-order valence-corrected chi connectivity index (χ4v) is 0. The maximum atomic E-state index is 8.74. The van der Waals surface area contributed by atoms with Gasteiger partial charge in [-0.2, -0.15) is 8.42 Å². The Kier molecular flexibility index (Phi) is 72.3. The summed E-state index contributed by atoms with van der Waals surface area (Å²) < 4.78 is 31.6. The average Bonchev–Trinajstić information content (AvgIpc) is 0.722. The molecule has 0 atom stereocenters. The van der Waals surface area contributed by atoms with Gasteiger partial charge in [0.25, 0.3) is 0 Å². The van der Waals surface area contributed by atoms with Gasteiger partial charge in [-0.05, 0) is 0 Å². The maximum absolute atomic E-state index is 8.74. The van der Waals surface area contributed by atoms with Crippen molar-refractivity contribution in [1.29, 1.82) is 0 Å². The first kappa shape index (κ1) is 43.6. The third kappa shape index (κ3) is 503. The second kappa shape index (κ2) is 16.6. The summed E-state index contributed by atoms with van der Waals surface area (Å²) in [5.74, 6) is 0. The minimum absolute atomic E-state index is 0. The van der Waals surface area contributed by atoms with Crippen LogP contribution in [0.1, 0.15) is 0 Å². The standard InChI is InChI=1S/Ce.H3N.H2O4S.3H2O/c;;1-5(2,3)4;;;/h;1H3;(H2,1,2,3,4);3*1H2. The van der Waals surface area contributed by atoms with Crippen LogP contribution in [-0.2, 0) is 10.4 Å². The van der Waals surface area contributed by atoms with Crippen LogP contribution < -0.4 is 6.15 Å². The SMILES string of the molecule is N.O.O.O.O=S(=O)(O)O.[Ce]. The summed E-state index contributed by atoms with van der Waals surface area (Å²) in [4.78, 5) is 0. The molecule has 0 aromatic heterocycles. The van der Waals surface area contributed by atoms with Gasteiger partial charge in [0, 0.05) is 41.7 Å². The van der Waals surface area contributed by atoms with E-state index in [0.717, 1.165) is 0 Å². The van der Waals surface area contributed by atoms with E-state index in [-0.39, 0.29) is 64.3 Å². The van der Waals surface area contributed by atoms with Crippen molar-refractivity contribution < 1.29 is 75.7 Å². The molecule has 0 unspecified atom stereocenters. The molecule has 0 aliphatic heterocycles. The van der Waals surface area contributed by atoms with Crippen LogP contribution in [0.4, 0.5) is 0 Å². The summed E-state index contributed by atoms with van der Waals surface area (Å²) in [7, 11) is -4.67. The van der Waals surface area contributed by atoms with Crippen LogP contribution >= 0.6 is 0 Å². The molecular formula is H11CeNO7S. The molecule has 0 rings (SSSR count). The van der Waals surface area contributed by atoms with E-state index in [0.29, 0.717) is 0 Å². The molecule has 0 saturated carbocycles. The zero-order chi connectivity index (χ0) is 4.50. The molecule has 0 amide bonds. The van der Waals surface area contributed by atoms with Crippen molar-refractivity contribution in [2.24, 2.45) is 0 Å². The largest absolute Gasteiger partial charge is 0.412 e. The topological polar surface area (TPSA) is 204 Å². The molecule has 10 heteroatoms. The van der Waals surface area contributed by atoms with Crippen LogP contribution in [0.5, 0.6) is 0 Å². The average molecular weight is 309 g/mol. The monoisotopic (exact) mass is 309 g/mol. The van der Waals surface area contributed by atoms with Gasteiger partial charge in [0.1, 0.15) is 0 Å². The quantitative estimate of drug-likeness (QED) is 0.400. The van der Waals surface area contributed by atoms with E-state index in [1.807, 2.05) is 0 Å². The molecule has 8 nitrogen and oxygen atoms in total. The van der Waals surface area contributed by atoms with Crippen molar-refractivity contribution in [3.8, 4) is 0 Å². The number of hydrogen-bond acceptors (Lipinski definition) is 3. The third-order valence-electron chi connectivity index (χ3n) is 0. The first-order valence-electron chi connectivity index (χ1n) is 0.698. The molecule has 11 N–H and O–H groups in total. The molecule has 0 aromatic carbocycles. The Morgan fingerprint density at radius 3 is 0.900 bits per heavy atom.